The van der Waals surface area contributed by atoms with Crippen LogP contribution in [0.15, 0.2) is 66.4 Å². The summed E-state index contributed by atoms with van der Waals surface area (Å²) in [5.74, 6) is 1.48. The molecule has 1 aromatic heterocycles. The SMILES string of the molecule is C=C(C)[C@@H]1CC=C(CN2CCC(n3nccc3NC(=O)Cc3ccccc3)CC2)CC1. The van der Waals surface area contributed by atoms with Crippen LogP contribution in [0.1, 0.15) is 50.6 Å². The zero-order chi connectivity index (χ0) is 21.6. The minimum atomic E-state index is 0.00249. The molecule has 0 radical (unpaired) electrons. The van der Waals surface area contributed by atoms with Gasteiger partial charge in [-0.05, 0) is 50.5 Å². The highest BCUT2D eigenvalue weighted by molar-refractivity contribution is 5.91. The first kappa shape index (κ1) is 21.6. The van der Waals surface area contributed by atoms with E-state index in [1.54, 1.807) is 11.8 Å². The number of allylic oxidation sites excluding steroid dienone is 2. The molecule has 1 amide bonds. The monoisotopic (exact) mass is 418 g/mol. The lowest BCUT2D eigenvalue weighted by atomic mass is 9.85. The molecule has 2 heterocycles. The fourth-order valence-corrected chi connectivity index (χ4v) is 4.76. The molecule has 1 saturated heterocycles. The summed E-state index contributed by atoms with van der Waals surface area (Å²) < 4.78 is 2.01. The average molecular weight is 419 g/mol. The van der Waals surface area contributed by atoms with Gasteiger partial charge < -0.3 is 5.32 Å². The molecule has 1 fully saturated rings. The lowest BCUT2D eigenvalue weighted by Gasteiger charge is -2.34. The molecule has 0 unspecified atom stereocenters. The summed E-state index contributed by atoms with van der Waals surface area (Å²) in [5, 5.41) is 7.59. The predicted molar refractivity (Wildman–Crippen MR) is 126 cm³/mol. The number of carbonyl (C=O) groups is 1. The smallest absolute Gasteiger partial charge is 0.229 e. The van der Waals surface area contributed by atoms with Crippen LogP contribution in [0.2, 0.25) is 0 Å². The summed E-state index contributed by atoms with van der Waals surface area (Å²) in [7, 11) is 0. The van der Waals surface area contributed by atoms with Crippen LogP contribution in [0.5, 0.6) is 0 Å². The van der Waals surface area contributed by atoms with Crippen molar-refractivity contribution in [2.45, 2.75) is 51.5 Å². The summed E-state index contributed by atoms with van der Waals surface area (Å²) >= 11 is 0. The molecule has 0 bridgehead atoms. The van der Waals surface area contributed by atoms with Crippen LogP contribution in [-0.4, -0.2) is 40.2 Å². The van der Waals surface area contributed by atoms with Crippen LogP contribution in [0.3, 0.4) is 0 Å². The molecule has 1 aliphatic heterocycles. The number of rotatable bonds is 7. The number of amides is 1. The number of anilines is 1. The van der Waals surface area contributed by atoms with Crippen LogP contribution in [-0.2, 0) is 11.2 Å². The van der Waals surface area contributed by atoms with Crippen molar-refractivity contribution in [1.82, 2.24) is 14.7 Å². The molecule has 2 aromatic rings. The lowest BCUT2D eigenvalue weighted by molar-refractivity contribution is -0.115. The molecular weight excluding hydrogens is 384 g/mol. The Kier molecular flexibility index (Phi) is 7.03. The first-order chi connectivity index (χ1) is 15.1. The molecule has 1 atom stereocenters. The minimum Gasteiger partial charge on any atom is -0.311 e. The van der Waals surface area contributed by atoms with Gasteiger partial charge >= 0.3 is 0 Å². The Bertz CT molecular complexity index is 922. The fourth-order valence-electron chi connectivity index (χ4n) is 4.76. The van der Waals surface area contributed by atoms with Crippen LogP contribution in [0.4, 0.5) is 5.82 Å². The van der Waals surface area contributed by atoms with E-state index >= 15 is 0 Å². The van der Waals surface area contributed by atoms with Gasteiger partial charge in [0, 0.05) is 25.7 Å². The molecule has 5 heteroatoms. The third kappa shape index (κ3) is 5.73. The number of piperidine rings is 1. The zero-order valence-electron chi connectivity index (χ0n) is 18.6. The van der Waals surface area contributed by atoms with Gasteiger partial charge in [-0.3, -0.25) is 9.69 Å². The molecule has 4 rings (SSSR count). The van der Waals surface area contributed by atoms with Gasteiger partial charge in [0.05, 0.1) is 18.7 Å². The second kappa shape index (κ2) is 10.1. The maximum absolute atomic E-state index is 12.5. The van der Waals surface area contributed by atoms with Crippen molar-refractivity contribution in [1.29, 1.82) is 0 Å². The van der Waals surface area contributed by atoms with E-state index in [4.69, 9.17) is 0 Å². The van der Waals surface area contributed by atoms with Gasteiger partial charge in [-0.15, -0.1) is 0 Å². The van der Waals surface area contributed by atoms with E-state index in [1.165, 1.54) is 18.4 Å². The van der Waals surface area contributed by atoms with Gasteiger partial charge in [-0.25, -0.2) is 4.68 Å². The Hall–Kier alpha value is -2.66. The van der Waals surface area contributed by atoms with Gasteiger partial charge in [0.2, 0.25) is 5.91 Å². The van der Waals surface area contributed by atoms with Crippen LogP contribution < -0.4 is 5.32 Å². The van der Waals surface area contributed by atoms with Crippen LogP contribution >= 0.6 is 0 Å². The molecule has 164 valence electrons. The van der Waals surface area contributed by atoms with Gasteiger partial charge in [0.1, 0.15) is 5.82 Å². The normalized spacial score (nSPS) is 20.3. The third-order valence-corrected chi connectivity index (χ3v) is 6.68. The molecule has 2 aliphatic rings. The molecule has 1 aliphatic carbocycles. The topological polar surface area (TPSA) is 50.2 Å². The predicted octanol–water partition coefficient (Wildman–Crippen LogP) is 5.00. The van der Waals surface area contributed by atoms with Crippen molar-refractivity contribution in [2.24, 2.45) is 5.92 Å². The van der Waals surface area contributed by atoms with Gasteiger partial charge in [0.15, 0.2) is 0 Å². The molecule has 31 heavy (non-hydrogen) atoms. The van der Waals surface area contributed by atoms with Crippen molar-refractivity contribution >= 4 is 11.7 Å². The highest BCUT2D eigenvalue weighted by atomic mass is 16.1. The molecule has 1 aromatic carbocycles. The van der Waals surface area contributed by atoms with E-state index in [0.717, 1.165) is 50.3 Å². The van der Waals surface area contributed by atoms with E-state index in [2.05, 4.69) is 34.9 Å². The summed E-state index contributed by atoms with van der Waals surface area (Å²) in [5.41, 5.74) is 3.93. The highest BCUT2D eigenvalue weighted by Gasteiger charge is 2.24. The van der Waals surface area contributed by atoms with E-state index < -0.39 is 0 Å². The van der Waals surface area contributed by atoms with Gasteiger partial charge in [-0.1, -0.05) is 54.1 Å². The molecule has 5 nitrogen and oxygen atoms in total. The maximum atomic E-state index is 12.5. The van der Waals surface area contributed by atoms with Crippen LogP contribution in [0, 0.1) is 5.92 Å². The highest BCUT2D eigenvalue weighted by Crippen LogP contribution is 2.30. The number of hydrogen-bond donors (Lipinski definition) is 1. The Labute approximate surface area is 185 Å². The van der Waals surface area contributed by atoms with Crippen molar-refractivity contribution in [3.8, 4) is 0 Å². The van der Waals surface area contributed by atoms with Gasteiger partial charge in [-0.2, -0.15) is 5.10 Å². The largest absolute Gasteiger partial charge is 0.311 e. The van der Waals surface area contributed by atoms with Crippen molar-refractivity contribution in [2.75, 3.05) is 25.0 Å². The van der Waals surface area contributed by atoms with E-state index in [-0.39, 0.29) is 5.91 Å². The van der Waals surface area contributed by atoms with Crippen molar-refractivity contribution < 1.29 is 4.79 Å². The number of hydrogen-bond acceptors (Lipinski definition) is 3. The van der Waals surface area contributed by atoms with Crippen molar-refractivity contribution in [3.05, 3.63) is 72.0 Å². The first-order valence-electron chi connectivity index (χ1n) is 11.5. The Balaban J connectivity index is 1.27. The Morgan fingerprint density at radius 3 is 2.61 bits per heavy atom. The second-order valence-electron chi connectivity index (χ2n) is 9.06. The van der Waals surface area contributed by atoms with Crippen molar-refractivity contribution in [3.63, 3.8) is 0 Å². The fraction of sp³-hybridized carbons (Fsp3) is 0.462. The minimum absolute atomic E-state index is 0.00249. The number of aromatic nitrogens is 2. The first-order valence-corrected chi connectivity index (χ1v) is 11.5. The molecular formula is C26H34N4O. The summed E-state index contributed by atoms with van der Waals surface area (Å²) in [6.07, 6.45) is 10.3. The average Bonchev–Trinajstić information content (AvgIpc) is 3.23. The summed E-state index contributed by atoms with van der Waals surface area (Å²) in [4.78, 5) is 15.1. The summed E-state index contributed by atoms with van der Waals surface area (Å²) in [6.45, 7) is 9.52. The number of likely N-dealkylation sites (tertiary alicyclic amines) is 1. The number of nitrogens with one attached hydrogen (secondary N) is 1. The van der Waals surface area contributed by atoms with E-state index in [1.807, 2.05) is 41.1 Å². The summed E-state index contributed by atoms with van der Waals surface area (Å²) in [6, 6.07) is 12.1. The van der Waals surface area contributed by atoms with Gasteiger partial charge in [0.25, 0.3) is 0 Å². The maximum Gasteiger partial charge on any atom is 0.229 e. The third-order valence-electron chi connectivity index (χ3n) is 6.68. The number of carbonyl (C=O) groups excluding carboxylic acids is 1. The molecule has 0 saturated carbocycles. The standard InChI is InChI=1S/C26H34N4O/c1-20(2)23-10-8-22(9-11-23)19-29-16-13-24(14-17-29)30-25(12-15-27-30)28-26(31)18-21-6-4-3-5-7-21/h3-8,12,15,23-24H,1,9-11,13-14,16-19H2,2H3,(H,28,31)/t23-/m1/s1. The zero-order valence-corrected chi connectivity index (χ0v) is 18.6. The molecule has 1 N–H and O–H groups in total. The number of benzene rings is 1. The Morgan fingerprint density at radius 1 is 1.16 bits per heavy atom. The van der Waals surface area contributed by atoms with Crippen LogP contribution in [0.25, 0.3) is 0 Å². The van der Waals surface area contributed by atoms with E-state index in [9.17, 15) is 4.79 Å². The quantitative estimate of drug-likeness (QED) is 0.644. The Morgan fingerprint density at radius 2 is 1.94 bits per heavy atom. The number of nitrogens with zero attached hydrogens (tertiary/aromatic N) is 3. The van der Waals surface area contributed by atoms with E-state index in [0.29, 0.717) is 18.4 Å². The second-order valence-corrected chi connectivity index (χ2v) is 9.06. The lowest BCUT2D eigenvalue weighted by Crippen LogP contribution is -2.36. The molecule has 0 spiro atoms.